The van der Waals surface area contributed by atoms with Gasteiger partial charge in [0.15, 0.2) is 5.69 Å². The number of aromatic nitrogens is 1. The molecule has 3 amide bonds. The molecule has 0 atom stereocenters. The van der Waals surface area contributed by atoms with Crippen LogP contribution in [0, 0.1) is 0 Å². The fourth-order valence-corrected chi connectivity index (χ4v) is 3.00. The van der Waals surface area contributed by atoms with Gasteiger partial charge in [-0.05, 0) is 44.4 Å². The van der Waals surface area contributed by atoms with E-state index >= 15 is 0 Å². The molecule has 2 rings (SSSR count). The summed E-state index contributed by atoms with van der Waals surface area (Å²) in [6, 6.07) is 8.71. The summed E-state index contributed by atoms with van der Waals surface area (Å²) >= 11 is 0.777. The molecule has 0 unspecified atom stereocenters. The van der Waals surface area contributed by atoms with Gasteiger partial charge in [-0.25, -0.2) is 0 Å². The second-order valence-corrected chi connectivity index (χ2v) is 7.44. The SMILES string of the molecule is CC(C)(C)NC(=O)CN(C(=O)c1snc(C(N)=O)c1N)c1ccccc1. The maximum Gasteiger partial charge on any atom is 0.272 e. The van der Waals surface area contributed by atoms with Crippen LogP contribution in [0.2, 0.25) is 0 Å². The molecule has 5 N–H and O–H groups in total. The predicted molar refractivity (Wildman–Crippen MR) is 101 cm³/mol. The minimum absolute atomic E-state index is 0.0613. The molecular formula is C17H21N5O3S. The highest BCUT2D eigenvalue weighted by Gasteiger charge is 2.28. The fraction of sp³-hybridized carbons (Fsp3) is 0.294. The molecule has 0 spiro atoms. The lowest BCUT2D eigenvalue weighted by molar-refractivity contribution is -0.121. The fourth-order valence-electron chi connectivity index (χ4n) is 2.24. The number of para-hydroxylation sites is 1. The molecule has 26 heavy (non-hydrogen) atoms. The lowest BCUT2D eigenvalue weighted by Crippen LogP contribution is -2.47. The molecule has 0 aliphatic rings. The lowest BCUT2D eigenvalue weighted by atomic mass is 10.1. The topological polar surface area (TPSA) is 131 Å². The van der Waals surface area contributed by atoms with Crippen LogP contribution >= 0.6 is 11.5 Å². The van der Waals surface area contributed by atoms with Crippen molar-refractivity contribution in [1.29, 1.82) is 0 Å². The molecule has 8 nitrogen and oxygen atoms in total. The third-order valence-electron chi connectivity index (χ3n) is 3.28. The summed E-state index contributed by atoms with van der Waals surface area (Å²) in [5.74, 6) is -1.66. The number of hydrogen-bond donors (Lipinski definition) is 3. The van der Waals surface area contributed by atoms with Gasteiger partial charge >= 0.3 is 0 Å². The van der Waals surface area contributed by atoms with E-state index in [1.54, 1.807) is 30.3 Å². The van der Waals surface area contributed by atoms with E-state index in [9.17, 15) is 14.4 Å². The maximum atomic E-state index is 13.0. The van der Waals surface area contributed by atoms with E-state index in [0.29, 0.717) is 5.69 Å². The number of nitrogens with two attached hydrogens (primary N) is 2. The average Bonchev–Trinajstić information content (AvgIpc) is 2.93. The van der Waals surface area contributed by atoms with Crippen molar-refractivity contribution in [3.8, 4) is 0 Å². The first kappa shape index (κ1) is 19.4. The largest absolute Gasteiger partial charge is 0.395 e. The van der Waals surface area contributed by atoms with Crippen LogP contribution in [0.25, 0.3) is 0 Å². The summed E-state index contributed by atoms with van der Waals surface area (Å²) in [5, 5.41) is 2.81. The highest BCUT2D eigenvalue weighted by molar-refractivity contribution is 7.09. The second kappa shape index (κ2) is 7.52. The number of nitrogens with one attached hydrogen (secondary N) is 1. The first-order valence-corrected chi connectivity index (χ1v) is 8.60. The molecule has 0 fully saturated rings. The number of rotatable bonds is 5. The van der Waals surface area contributed by atoms with E-state index in [1.165, 1.54) is 4.90 Å². The molecule has 0 aliphatic carbocycles. The third-order valence-corrected chi connectivity index (χ3v) is 4.14. The van der Waals surface area contributed by atoms with Crippen molar-refractivity contribution in [1.82, 2.24) is 9.69 Å². The zero-order chi connectivity index (χ0) is 19.5. The molecule has 0 aliphatic heterocycles. The van der Waals surface area contributed by atoms with E-state index in [2.05, 4.69) is 9.69 Å². The van der Waals surface area contributed by atoms with Crippen molar-refractivity contribution in [2.75, 3.05) is 17.2 Å². The maximum absolute atomic E-state index is 13.0. The molecule has 9 heteroatoms. The second-order valence-electron chi connectivity index (χ2n) is 6.66. The Morgan fingerprint density at radius 3 is 2.31 bits per heavy atom. The summed E-state index contributed by atoms with van der Waals surface area (Å²) in [7, 11) is 0. The van der Waals surface area contributed by atoms with Crippen LogP contribution < -0.4 is 21.7 Å². The molecule has 0 bridgehead atoms. The highest BCUT2D eigenvalue weighted by atomic mass is 32.1. The number of amides is 3. The number of nitrogens with zero attached hydrogens (tertiary/aromatic N) is 2. The Morgan fingerprint density at radius 1 is 1.19 bits per heavy atom. The number of carbonyl (C=O) groups is 3. The molecule has 1 aromatic carbocycles. The monoisotopic (exact) mass is 375 g/mol. The Balaban J connectivity index is 2.36. The Bertz CT molecular complexity index is 827. The molecule has 138 valence electrons. The number of benzene rings is 1. The first-order valence-electron chi connectivity index (χ1n) is 7.83. The van der Waals surface area contributed by atoms with Gasteiger partial charge in [0.1, 0.15) is 11.4 Å². The van der Waals surface area contributed by atoms with Gasteiger partial charge in [-0.2, -0.15) is 4.37 Å². The van der Waals surface area contributed by atoms with Gasteiger partial charge in [-0.3, -0.25) is 19.3 Å². The van der Waals surface area contributed by atoms with Crippen molar-refractivity contribution in [2.45, 2.75) is 26.3 Å². The smallest absolute Gasteiger partial charge is 0.272 e. The summed E-state index contributed by atoms with van der Waals surface area (Å²) in [5.41, 5.74) is 10.9. The van der Waals surface area contributed by atoms with Crippen molar-refractivity contribution in [2.24, 2.45) is 5.73 Å². The van der Waals surface area contributed by atoms with Gasteiger partial charge in [0.05, 0.1) is 5.69 Å². The molecule has 2 aromatic rings. The zero-order valence-corrected chi connectivity index (χ0v) is 15.6. The van der Waals surface area contributed by atoms with Gasteiger partial charge < -0.3 is 16.8 Å². The van der Waals surface area contributed by atoms with Crippen molar-refractivity contribution >= 4 is 40.6 Å². The van der Waals surface area contributed by atoms with E-state index in [-0.39, 0.29) is 28.7 Å². The number of primary amides is 1. The van der Waals surface area contributed by atoms with Crippen LogP contribution in [-0.2, 0) is 4.79 Å². The summed E-state index contributed by atoms with van der Waals surface area (Å²) in [6.45, 7) is 5.34. The minimum atomic E-state index is -0.811. The van der Waals surface area contributed by atoms with Crippen molar-refractivity contribution in [3.63, 3.8) is 0 Å². The Morgan fingerprint density at radius 2 is 1.81 bits per heavy atom. The highest BCUT2D eigenvalue weighted by Crippen LogP contribution is 2.25. The third kappa shape index (κ3) is 4.57. The number of nitrogen functional groups attached to an aromatic ring is 1. The number of anilines is 2. The minimum Gasteiger partial charge on any atom is -0.395 e. The summed E-state index contributed by atoms with van der Waals surface area (Å²) in [6.07, 6.45) is 0. The van der Waals surface area contributed by atoms with E-state index in [0.717, 1.165) is 11.5 Å². The van der Waals surface area contributed by atoms with Gasteiger partial charge in [-0.1, -0.05) is 18.2 Å². The first-order chi connectivity index (χ1) is 12.1. The molecule has 0 saturated heterocycles. The van der Waals surface area contributed by atoms with Gasteiger partial charge in [0.25, 0.3) is 11.8 Å². The molecular weight excluding hydrogens is 354 g/mol. The molecule has 1 heterocycles. The Hall–Kier alpha value is -2.94. The van der Waals surface area contributed by atoms with Crippen LogP contribution in [-0.4, -0.2) is 34.2 Å². The van der Waals surface area contributed by atoms with Crippen LogP contribution in [0.4, 0.5) is 11.4 Å². The van der Waals surface area contributed by atoms with Gasteiger partial charge in [0, 0.05) is 11.2 Å². The van der Waals surface area contributed by atoms with Crippen LogP contribution in [0.15, 0.2) is 30.3 Å². The number of hydrogen-bond acceptors (Lipinski definition) is 6. The molecule has 0 radical (unpaired) electrons. The van der Waals surface area contributed by atoms with Gasteiger partial charge in [0.2, 0.25) is 5.91 Å². The molecule has 1 aromatic heterocycles. The summed E-state index contributed by atoms with van der Waals surface area (Å²) < 4.78 is 3.85. The van der Waals surface area contributed by atoms with Crippen LogP contribution in [0.1, 0.15) is 40.9 Å². The van der Waals surface area contributed by atoms with Gasteiger partial charge in [-0.15, -0.1) is 0 Å². The predicted octanol–water partition coefficient (Wildman–Crippen LogP) is 1.39. The van der Waals surface area contributed by atoms with Crippen molar-refractivity contribution < 1.29 is 14.4 Å². The Kier molecular flexibility index (Phi) is 5.61. The van der Waals surface area contributed by atoms with Crippen LogP contribution in [0.3, 0.4) is 0 Å². The van der Waals surface area contributed by atoms with E-state index < -0.39 is 17.4 Å². The average molecular weight is 375 g/mol. The zero-order valence-electron chi connectivity index (χ0n) is 14.8. The van der Waals surface area contributed by atoms with E-state index in [4.69, 9.17) is 11.5 Å². The normalized spacial score (nSPS) is 11.0. The summed E-state index contributed by atoms with van der Waals surface area (Å²) in [4.78, 5) is 38.0. The van der Waals surface area contributed by atoms with Crippen molar-refractivity contribution in [3.05, 3.63) is 40.9 Å². The number of carbonyl (C=O) groups excluding carboxylic acids is 3. The quantitative estimate of drug-likeness (QED) is 0.726. The van der Waals surface area contributed by atoms with E-state index in [1.807, 2.05) is 20.8 Å². The molecule has 0 saturated carbocycles. The standard InChI is InChI=1S/C17H21N5O3S/c1-17(2,3)20-11(23)9-22(10-7-5-4-6-8-10)16(25)14-12(18)13(15(19)24)21-26-14/h4-8H,9,18H2,1-3H3,(H2,19,24)(H,20,23). The lowest BCUT2D eigenvalue weighted by Gasteiger charge is -2.25. The van der Waals surface area contributed by atoms with Crippen LogP contribution in [0.5, 0.6) is 0 Å². The Labute approximate surface area is 155 Å².